The van der Waals surface area contributed by atoms with Gasteiger partial charge in [-0.3, -0.25) is 4.55 Å². The molecule has 0 aliphatic carbocycles. The summed E-state index contributed by atoms with van der Waals surface area (Å²) in [5.41, 5.74) is 0. The van der Waals surface area contributed by atoms with Crippen molar-refractivity contribution in [3.8, 4) is 0 Å². The summed E-state index contributed by atoms with van der Waals surface area (Å²) < 4.78 is 33.6. The second kappa shape index (κ2) is 7.64. The SMILES string of the molecule is C=CC(=O)OC(C)CCS(=O)(=O)O.[CaH2]. The molecule has 7 heteroatoms. The normalized spacial score (nSPS) is 12.4. The first-order valence-electron chi connectivity index (χ1n) is 3.63. The summed E-state index contributed by atoms with van der Waals surface area (Å²) in [6.45, 7) is 4.71. The molecule has 0 heterocycles. The molecule has 0 saturated carbocycles. The molecule has 1 unspecified atom stereocenters. The number of hydrogen-bond acceptors (Lipinski definition) is 4. The maximum atomic E-state index is 10.6. The van der Waals surface area contributed by atoms with Gasteiger partial charge in [0.1, 0.15) is 6.10 Å². The predicted molar refractivity (Wildman–Crippen MR) is 55.3 cm³/mol. The van der Waals surface area contributed by atoms with Crippen LogP contribution in [0.4, 0.5) is 0 Å². The Morgan fingerprint density at radius 1 is 1.64 bits per heavy atom. The standard InChI is InChI=1S/C7H12O5S.Ca.2H/c1-3-7(8)12-6(2)4-5-13(9,10)11;;;/h3,6H,1,4-5H2,2H3,(H,9,10,11);;;. The molecule has 0 aromatic heterocycles. The van der Waals surface area contributed by atoms with Gasteiger partial charge in [-0.05, 0) is 6.92 Å². The molecule has 0 fully saturated rings. The van der Waals surface area contributed by atoms with Crippen molar-refractivity contribution in [2.75, 3.05) is 5.75 Å². The molecule has 80 valence electrons. The van der Waals surface area contributed by atoms with Crippen LogP contribution in [0.3, 0.4) is 0 Å². The van der Waals surface area contributed by atoms with E-state index >= 15 is 0 Å². The van der Waals surface area contributed by atoms with Gasteiger partial charge in [0.2, 0.25) is 0 Å². The zero-order valence-corrected chi connectivity index (χ0v) is 8.08. The topological polar surface area (TPSA) is 80.7 Å². The van der Waals surface area contributed by atoms with Gasteiger partial charge in [-0.25, -0.2) is 4.79 Å². The Morgan fingerprint density at radius 3 is 2.50 bits per heavy atom. The van der Waals surface area contributed by atoms with E-state index in [1.165, 1.54) is 6.92 Å². The molecule has 0 aromatic rings. The molecule has 0 radical (unpaired) electrons. The van der Waals surface area contributed by atoms with Crippen LogP contribution in [0.15, 0.2) is 12.7 Å². The second-order valence-electron chi connectivity index (χ2n) is 2.53. The Hall–Kier alpha value is 0.380. The maximum absolute atomic E-state index is 10.6. The molecule has 0 amide bonds. The molecule has 0 saturated heterocycles. The molecule has 1 N–H and O–H groups in total. The Balaban J connectivity index is 0. The van der Waals surface area contributed by atoms with Gasteiger partial charge in [-0.2, -0.15) is 8.42 Å². The summed E-state index contributed by atoms with van der Waals surface area (Å²) in [7, 11) is -3.98. The van der Waals surface area contributed by atoms with Crippen LogP contribution in [-0.4, -0.2) is 68.5 Å². The third-order valence-corrected chi connectivity index (χ3v) is 2.02. The number of carbonyl (C=O) groups is 1. The zero-order valence-electron chi connectivity index (χ0n) is 7.26. The summed E-state index contributed by atoms with van der Waals surface area (Å²) in [6.07, 6.45) is 0.509. The first-order chi connectivity index (χ1) is 5.85. The van der Waals surface area contributed by atoms with Gasteiger partial charge in [0.15, 0.2) is 0 Å². The fourth-order valence-corrected chi connectivity index (χ4v) is 1.25. The van der Waals surface area contributed by atoms with Gasteiger partial charge in [0.25, 0.3) is 10.1 Å². The van der Waals surface area contributed by atoms with Crippen molar-refractivity contribution in [3.05, 3.63) is 12.7 Å². The molecule has 0 spiro atoms. The predicted octanol–water partition coefficient (Wildman–Crippen LogP) is -0.534. The van der Waals surface area contributed by atoms with E-state index in [-0.39, 0.29) is 44.2 Å². The van der Waals surface area contributed by atoms with Crippen LogP contribution in [0.2, 0.25) is 0 Å². The summed E-state index contributed by atoms with van der Waals surface area (Å²) in [5, 5.41) is 0. The van der Waals surface area contributed by atoms with E-state index in [0.717, 1.165) is 6.08 Å². The van der Waals surface area contributed by atoms with Crippen LogP contribution in [0, 0.1) is 0 Å². The van der Waals surface area contributed by atoms with Crippen LogP contribution < -0.4 is 0 Å². The van der Waals surface area contributed by atoms with E-state index in [4.69, 9.17) is 4.55 Å². The first kappa shape index (κ1) is 16.8. The van der Waals surface area contributed by atoms with Crippen molar-refractivity contribution < 1.29 is 22.5 Å². The number of ether oxygens (including phenoxy) is 1. The molecule has 0 rings (SSSR count). The van der Waals surface area contributed by atoms with Crippen molar-refractivity contribution >= 4 is 53.8 Å². The van der Waals surface area contributed by atoms with Gasteiger partial charge in [-0.1, -0.05) is 6.58 Å². The van der Waals surface area contributed by atoms with E-state index < -0.39 is 27.9 Å². The van der Waals surface area contributed by atoms with Crippen LogP contribution in [0.1, 0.15) is 13.3 Å². The van der Waals surface area contributed by atoms with Gasteiger partial charge in [0, 0.05) is 12.5 Å². The number of esters is 1. The van der Waals surface area contributed by atoms with E-state index in [9.17, 15) is 13.2 Å². The second-order valence-corrected chi connectivity index (χ2v) is 4.10. The minimum absolute atomic E-state index is 0. The van der Waals surface area contributed by atoms with E-state index in [0.29, 0.717) is 0 Å². The van der Waals surface area contributed by atoms with Crippen LogP contribution in [-0.2, 0) is 19.6 Å². The van der Waals surface area contributed by atoms with Gasteiger partial charge >= 0.3 is 43.7 Å². The van der Waals surface area contributed by atoms with Crippen LogP contribution >= 0.6 is 0 Å². The number of rotatable bonds is 5. The van der Waals surface area contributed by atoms with Crippen molar-refractivity contribution in [3.63, 3.8) is 0 Å². The number of carbonyl (C=O) groups excluding carboxylic acids is 1. The third kappa shape index (κ3) is 10.5. The van der Waals surface area contributed by atoms with Gasteiger partial charge < -0.3 is 4.74 Å². The van der Waals surface area contributed by atoms with Crippen molar-refractivity contribution in [2.45, 2.75) is 19.4 Å². The van der Waals surface area contributed by atoms with Crippen LogP contribution in [0.25, 0.3) is 0 Å². The fourth-order valence-electron chi connectivity index (χ4n) is 0.620. The minimum atomic E-state index is -3.98. The molecule has 0 aliphatic heterocycles. The molecule has 1 atom stereocenters. The molecule has 0 aliphatic rings. The average Bonchev–Trinajstić information content (AvgIpc) is 1.99. The average molecular weight is 250 g/mol. The Bertz CT molecular complexity index is 284. The Morgan fingerprint density at radius 2 is 2.14 bits per heavy atom. The summed E-state index contributed by atoms with van der Waals surface area (Å²) in [4.78, 5) is 10.6. The molecular weight excluding hydrogens is 236 g/mol. The van der Waals surface area contributed by atoms with Gasteiger partial charge in [0.05, 0.1) is 5.75 Å². The monoisotopic (exact) mass is 250 g/mol. The molecule has 0 aromatic carbocycles. The van der Waals surface area contributed by atoms with Crippen molar-refractivity contribution in [1.82, 2.24) is 0 Å². The number of hydrogen-bond donors (Lipinski definition) is 1. The zero-order chi connectivity index (χ0) is 10.5. The summed E-state index contributed by atoms with van der Waals surface area (Å²) >= 11 is 0. The quantitative estimate of drug-likeness (QED) is 0.307. The summed E-state index contributed by atoms with van der Waals surface area (Å²) in [6, 6.07) is 0. The Kier molecular flexibility index (Phi) is 9.17. The fraction of sp³-hybridized carbons (Fsp3) is 0.571. The molecule has 14 heavy (non-hydrogen) atoms. The van der Waals surface area contributed by atoms with E-state index in [1.807, 2.05) is 0 Å². The molecule has 5 nitrogen and oxygen atoms in total. The van der Waals surface area contributed by atoms with E-state index in [1.54, 1.807) is 0 Å². The third-order valence-electron chi connectivity index (χ3n) is 1.27. The van der Waals surface area contributed by atoms with Crippen LogP contribution in [0.5, 0.6) is 0 Å². The first-order valence-corrected chi connectivity index (χ1v) is 5.24. The van der Waals surface area contributed by atoms with Gasteiger partial charge in [-0.15, -0.1) is 0 Å². The summed E-state index contributed by atoms with van der Waals surface area (Å²) in [5.74, 6) is -1.03. The van der Waals surface area contributed by atoms with E-state index in [2.05, 4.69) is 11.3 Å². The van der Waals surface area contributed by atoms with Crippen molar-refractivity contribution in [1.29, 1.82) is 0 Å². The molecular formula is C7H14CaO5S. The van der Waals surface area contributed by atoms with Crippen molar-refractivity contribution in [2.24, 2.45) is 0 Å². The Labute approximate surface area is 113 Å². The molecule has 0 bridgehead atoms.